The van der Waals surface area contributed by atoms with Gasteiger partial charge in [0, 0.05) is 30.6 Å². The van der Waals surface area contributed by atoms with Gasteiger partial charge in [0.15, 0.2) is 11.5 Å². The molecule has 0 saturated carbocycles. The zero-order valence-corrected chi connectivity index (χ0v) is 19.9. The summed E-state index contributed by atoms with van der Waals surface area (Å²) in [4.78, 5) is 19.8. The van der Waals surface area contributed by atoms with Gasteiger partial charge in [-0.25, -0.2) is 4.98 Å². The van der Waals surface area contributed by atoms with Crippen LogP contribution in [0.2, 0.25) is 0 Å². The summed E-state index contributed by atoms with van der Waals surface area (Å²) in [6.07, 6.45) is 0.412. The van der Waals surface area contributed by atoms with Crippen LogP contribution in [0.1, 0.15) is 29.3 Å². The van der Waals surface area contributed by atoms with Gasteiger partial charge in [-0.05, 0) is 49.2 Å². The molecule has 6 rings (SSSR count). The van der Waals surface area contributed by atoms with Crippen LogP contribution in [0.3, 0.4) is 0 Å². The van der Waals surface area contributed by atoms with Crippen LogP contribution in [0, 0.1) is 13.8 Å². The molecule has 0 N–H and O–H groups in total. The Morgan fingerprint density at radius 3 is 2.66 bits per heavy atom. The number of imidazole rings is 1. The molecule has 7 nitrogen and oxygen atoms in total. The van der Waals surface area contributed by atoms with Gasteiger partial charge in [0.1, 0.15) is 18.2 Å². The Kier molecular flexibility index (Phi) is 5.32. The fraction of sp³-hybridized carbons (Fsp3) is 0.286. The standard InChI is InChI=1S/C28H27N3O4/c1-18-6-5-7-19(2)27(18)33-13-12-30-23-9-4-3-8-22(23)29-28(30)20-14-26(32)31(16-20)21-10-11-24-25(15-21)35-17-34-24/h3-11,15,20H,12-14,16-17H2,1-2H3. The molecule has 0 spiro atoms. The van der Waals surface area contributed by atoms with Crippen molar-refractivity contribution >= 4 is 22.6 Å². The van der Waals surface area contributed by atoms with Crippen molar-refractivity contribution < 1.29 is 19.0 Å². The average molecular weight is 470 g/mol. The summed E-state index contributed by atoms with van der Waals surface area (Å²) in [5.74, 6) is 3.31. The number of hydrogen-bond acceptors (Lipinski definition) is 5. The second-order valence-electron chi connectivity index (χ2n) is 9.12. The van der Waals surface area contributed by atoms with E-state index in [-0.39, 0.29) is 18.6 Å². The van der Waals surface area contributed by atoms with Crippen molar-refractivity contribution in [2.24, 2.45) is 0 Å². The minimum absolute atomic E-state index is 0.0134. The van der Waals surface area contributed by atoms with Gasteiger partial charge < -0.3 is 23.7 Å². The maximum atomic E-state index is 13.1. The van der Waals surface area contributed by atoms with Crippen LogP contribution in [0.15, 0.2) is 60.7 Å². The molecule has 0 radical (unpaired) electrons. The third-order valence-corrected chi connectivity index (χ3v) is 6.81. The Morgan fingerprint density at radius 2 is 1.80 bits per heavy atom. The number of nitrogens with zero attached hydrogens (tertiary/aromatic N) is 3. The highest BCUT2D eigenvalue weighted by Crippen LogP contribution is 2.39. The van der Waals surface area contributed by atoms with Crippen LogP contribution in [0.5, 0.6) is 17.2 Å². The number of rotatable bonds is 6. The van der Waals surface area contributed by atoms with Crippen molar-refractivity contribution in [3.05, 3.63) is 77.6 Å². The predicted octanol–water partition coefficient (Wildman–Crippen LogP) is 4.98. The second kappa shape index (κ2) is 8.65. The van der Waals surface area contributed by atoms with E-state index in [1.807, 2.05) is 47.4 Å². The van der Waals surface area contributed by atoms with Crippen molar-refractivity contribution in [2.75, 3.05) is 24.8 Å². The van der Waals surface area contributed by atoms with Crippen LogP contribution < -0.4 is 19.1 Å². The molecule has 4 aromatic rings. The number of hydrogen-bond donors (Lipinski definition) is 0. The van der Waals surface area contributed by atoms with Gasteiger partial charge in [-0.15, -0.1) is 0 Å². The monoisotopic (exact) mass is 469 g/mol. The molecule has 2 aliphatic heterocycles. The first-order valence-corrected chi connectivity index (χ1v) is 11.9. The highest BCUT2D eigenvalue weighted by Gasteiger charge is 2.35. The molecule has 178 valence electrons. The van der Waals surface area contributed by atoms with Gasteiger partial charge in [-0.3, -0.25) is 4.79 Å². The first kappa shape index (κ1) is 21.5. The normalized spacial score (nSPS) is 16.9. The molecular formula is C28H27N3O4. The number of benzene rings is 3. The SMILES string of the molecule is Cc1cccc(C)c1OCCn1c(C2CC(=O)N(c3ccc4c(c3)OCO4)C2)nc2ccccc21. The molecule has 7 heteroatoms. The van der Waals surface area contributed by atoms with Crippen LogP contribution in [-0.4, -0.2) is 35.4 Å². The second-order valence-corrected chi connectivity index (χ2v) is 9.12. The van der Waals surface area contributed by atoms with Crippen molar-refractivity contribution in [1.82, 2.24) is 9.55 Å². The van der Waals surface area contributed by atoms with Gasteiger partial charge in [0.25, 0.3) is 0 Å². The van der Waals surface area contributed by atoms with E-state index in [1.165, 1.54) is 0 Å². The first-order valence-electron chi connectivity index (χ1n) is 11.9. The van der Waals surface area contributed by atoms with Gasteiger partial charge in [-0.2, -0.15) is 0 Å². The van der Waals surface area contributed by atoms with Crippen LogP contribution in [-0.2, 0) is 11.3 Å². The fourth-order valence-electron chi connectivity index (χ4n) is 5.09. The minimum Gasteiger partial charge on any atom is -0.491 e. The van der Waals surface area contributed by atoms with Crippen molar-refractivity contribution in [3.8, 4) is 17.2 Å². The maximum absolute atomic E-state index is 13.1. The molecule has 1 saturated heterocycles. The highest BCUT2D eigenvalue weighted by atomic mass is 16.7. The molecule has 0 bridgehead atoms. The molecule has 1 fully saturated rings. The van der Waals surface area contributed by atoms with E-state index in [0.29, 0.717) is 37.6 Å². The smallest absolute Gasteiger partial charge is 0.231 e. The Morgan fingerprint density at radius 1 is 1.00 bits per heavy atom. The lowest BCUT2D eigenvalue weighted by molar-refractivity contribution is -0.117. The van der Waals surface area contributed by atoms with Crippen LogP contribution in [0.4, 0.5) is 5.69 Å². The molecule has 3 aromatic carbocycles. The van der Waals surface area contributed by atoms with E-state index in [0.717, 1.165) is 39.4 Å². The number of anilines is 1. The molecule has 2 aliphatic rings. The Bertz CT molecular complexity index is 1410. The summed E-state index contributed by atoms with van der Waals surface area (Å²) in [5.41, 5.74) is 5.07. The quantitative estimate of drug-likeness (QED) is 0.398. The number of aryl methyl sites for hydroxylation is 2. The Hall–Kier alpha value is -4.00. The highest BCUT2D eigenvalue weighted by molar-refractivity contribution is 5.97. The first-order chi connectivity index (χ1) is 17.1. The predicted molar refractivity (Wildman–Crippen MR) is 133 cm³/mol. The van der Waals surface area contributed by atoms with Crippen molar-refractivity contribution in [1.29, 1.82) is 0 Å². The van der Waals surface area contributed by atoms with E-state index >= 15 is 0 Å². The third kappa shape index (κ3) is 3.87. The number of ether oxygens (including phenoxy) is 3. The van der Waals surface area contributed by atoms with E-state index in [2.05, 4.69) is 36.6 Å². The summed E-state index contributed by atoms with van der Waals surface area (Å²) < 4.78 is 19.3. The topological polar surface area (TPSA) is 65.8 Å². The van der Waals surface area contributed by atoms with E-state index in [1.54, 1.807) is 0 Å². The maximum Gasteiger partial charge on any atom is 0.231 e. The third-order valence-electron chi connectivity index (χ3n) is 6.81. The number of carbonyl (C=O) groups is 1. The number of carbonyl (C=O) groups excluding carboxylic acids is 1. The van der Waals surface area contributed by atoms with Gasteiger partial charge in [0.05, 0.1) is 17.6 Å². The number of para-hydroxylation sites is 3. The molecule has 35 heavy (non-hydrogen) atoms. The minimum atomic E-state index is -0.0134. The van der Waals surface area contributed by atoms with Crippen LogP contribution in [0.25, 0.3) is 11.0 Å². The Balaban J connectivity index is 1.27. The van der Waals surface area contributed by atoms with Crippen molar-refractivity contribution in [2.45, 2.75) is 32.7 Å². The van der Waals surface area contributed by atoms with Gasteiger partial charge in [0.2, 0.25) is 12.7 Å². The zero-order chi connectivity index (χ0) is 23.9. The van der Waals surface area contributed by atoms with Gasteiger partial charge in [-0.1, -0.05) is 30.3 Å². The molecule has 1 unspecified atom stereocenters. The lowest BCUT2D eigenvalue weighted by atomic mass is 10.1. The lowest BCUT2D eigenvalue weighted by Crippen LogP contribution is -2.24. The summed E-state index contributed by atoms with van der Waals surface area (Å²) in [7, 11) is 0. The molecule has 1 atom stereocenters. The van der Waals surface area contributed by atoms with E-state index in [4.69, 9.17) is 19.2 Å². The molecule has 1 amide bonds. The number of aromatic nitrogens is 2. The summed E-state index contributed by atoms with van der Waals surface area (Å²) >= 11 is 0. The summed E-state index contributed by atoms with van der Waals surface area (Å²) in [6.45, 7) is 6.08. The summed E-state index contributed by atoms with van der Waals surface area (Å²) in [5, 5.41) is 0. The molecular weight excluding hydrogens is 442 g/mol. The molecule has 3 heterocycles. The van der Waals surface area contributed by atoms with Crippen molar-refractivity contribution in [3.63, 3.8) is 0 Å². The lowest BCUT2D eigenvalue weighted by Gasteiger charge is -2.18. The number of amides is 1. The van der Waals surface area contributed by atoms with Gasteiger partial charge >= 0.3 is 0 Å². The molecule has 0 aliphatic carbocycles. The van der Waals surface area contributed by atoms with E-state index < -0.39 is 0 Å². The number of fused-ring (bicyclic) bond motifs is 2. The zero-order valence-electron chi connectivity index (χ0n) is 19.9. The van der Waals surface area contributed by atoms with E-state index in [9.17, 15) is 4.79 Å². The molecule has 1 aromatic heterocycles. The summed E-state index contributed by atoms with van der Waals surface area (Å²) in [6, 6.07) is 19.9. The largest absolute Gasteiger partial charge is 0.491 e. The van der Waals surface area contributed by atoms with Crippen LogP contribution >= 0.6 is 0 Å². The average Bonchev–Trinajstić information content (AvgIpc) is 3.57. The Labute approximate surface area is 203 Å². The fourth-order valence-corrected chi connectivity index (χ4v) is 5.09.